The van der Waals surface area contributed by atoms with Gasteiger partial charge in [0.2, 0.25) is 11.5 Å². The molecule has 150 valence electrons. The first kappa shape index (κ1) is 21.6. The van der Waals surface area contributed by atoms with Gasteiger partial charge < -0.3 is 15.2 Å². The standard InChI is InChI=1S/C19H17ClF3NO4/c1-11(24-12(2)25)18(17(26)27,13-6-4-3-5-7-13)28-14-8-9-16(20)15(10-14)19(21,22)23/h3-11H,1-2H3,(H,24,25)(H,26,27). The fraction of sp³-hybridized carbons (Fsp3) is 0.263. The van der Waals surface area contributed by atoms with Crippen LogP contribution < -0.4 is 10.1 Å². The molecule has 28 heavy (non-hydrogen) atoms. The zero-order valence-corrected chi connectivity index (χ0v) is 15.6. The van der Waals surface area contributed by atoms with E-state index in [1.54, 1.807) is 18.2 Å². The highest BCUT2D eigenvalue weighted by Gasteiger charge is 2.49. The van der Waals surface area contributed by atoms with Crippen LogP contribution in [-0.4, -0.2) is 23.0 Å². The molecule has 0 aromatic heterocycles. The van der Waals surface area contributed by atoms with E-state index in [1.165, 1.54) is 26.0 Å². The van der Waals surface area contributed by atoms with Crippen LogP contribution in [0.1, 0.15) is 25.0 Å². The van der Waals surface area contributed by atoms with E-state index in [9.17, 15) is 27.9 Å². The molecule has 2 aromatic rings. The summed E-state index contributed by atoms with van der Waals surface area (Å²) >= 11 is 5.61. The normalized spacial score (nSPS) is 14.6. The Labute approximate surface area is 164 Å². The number of nitrogens with one attached hydrogen (secondary N) is 1. The largest absolute Gasteiger partial charge is 0.478 e. The van der Waals surface area contributed by atoms with Crippen LogP contribution in [0.5, 0.6) is 5.75 Å². The van der Waals surface area contributed by atoms with Crippen molar-refractivity contribution in [3.8, 4) is 5.75 Å². The third kappa shape index (κ3) is 4.39. The molecule has 9 heteroatoms. The van der Waals surface area contributed by atoms with E-state index in [0.717, 1.165) is 12.1 Å². The van der Waals surface area contributed by atoms with Gasteiger partial charge in [-0.2, -0.15) is 13.2 Å². The van der Waals surface area contributed by atoms with Gasteiger partial charge in [-0.15, -0.1) is 0 Å². The maximum absolute atomic E-state index is 13.2. The highest BCUT2D eigenvalue weighted by atomic mass is 35.5. The third-order valence-corrected chi connectivity index (χ3v) is 4.40. The maximum atomic E-state index is 13.2. The summed E-state index contributed by atoms with van der Waals surface area (Å²) in [6, 6.07) is 9.28. The van der Waals surface area contributed by atoms with Crippen molar-refractivity contribution in [3.63, 3.8) is 0 Å². The van der Waals surface area contributed by atoms with Gasteiger partial charge in [-0.25, -0.2) is 4.79 Å². The number of hydrogen-bond acceptors (Lipinski definition) is 3. The first-order chi connectivity index (χ1) is 13.0. The second-order valence-corrected chi connectivity index (χ2v) is 6.48. The van der Waals surface area contributed by atoms with Crippen LogP contribution in [0.15, 0.2) is 48.5 Å². The van der Waals surface area contributed by atoms with Gasteiger partial charge in [0.15, 0.2) is 0 Å². The molecule has 2 rings (SSSR count). The Hall–Kier alpha value is -2.74. The van der Waals surface area contributed by atoms with E-state index in [-0.39, 0.29) is 11.3 Å². The molecular weight excluding hydrogens is 399 g/mol. The van der Waals surface area contributed by atoms with Crippen LogP contribution >= 0.6 is 11.6 Å². The van der Waals surface area contributed by atoms with Crippen LogP contribution in [0.4, 0.5) is 13.2 Å². The molecule has 1 amide bonds. The van der Waals surface area contributed by atoms with Crippen molar-refractivity contribution < 1.29 is 32.6 Å². The zero-order valence-electron chi connectivity index (χ0n) is 14.9. The van der Waals surface area contributed by atoms with Crippen molar-refractivity contribution in [2.45, 2.75) is 31.7 Å². The molecule has 0 aliphatic rings. The summed E-state index contributed by atoms with van der Waals surface area (Å²) in [5.74, 6) is -2.37. The number of carboxylic acids is 1. The quantitative estimate of drug-likeness (QED) is 0.740. The van der Waals surface area contributed by atoms with Crippen LogP contribution in [-0.2, 0) is 21.4 Å². The van der Waals surface area contributed by atoms with Crippen LogP contribution in [0, 0.1) is 0 Å². The fourth-order valence-corrected chi connectivity index (χ4v) is 3.04. The number of rotatable bonds is 6. The molecule has 0 aliphatic heterocycles. The number of halogens is 4. The van der Waals surface area contributed by atoms with E-state index < -0.39 is 40.3 Å². The number of amides is 1. The van der Waals surface area contributed by atoms with Gasteiger partial charge in [0.25, 0.3) is 0 Å². The molecule has 0 radical (unpaired) electrons. The summed E-state index contributed by atoms with van der Waals surface area (Å²) in [5.41, 5.74) is -3.19. The van der Waals surface area contributed by atoms with E-state index in [1.807, 2.05) is 0 Å². The Morgan fingerprint density at radius 2 is 1.75 bits per heavy atom. The van der Waals surface area contributed by atoms with E-state index in [4.69, 9.17) is 16.3 Å². The summed E-state index contributed by atoms with van der Waals surface area (Å²) in [6.07, 6.45) is -4.75. The van der Waals surface area contributed by atoms with Gasteiger partial charge >= 0.3 is 12.1 Å². The summed E-state index contributed by atoms with van der Waals surface area (Å²) in [5, 5.41) is 11.9. The number of carbonyl (C=O) groups is 2. The average Bonchev–Trinajstić information content (AvgIpc) is 2.59. The van der Waals surface area contributed by atoms with E-state index >= 15 is 0 Å². The first-order valence-electron chi connectivity index (χ1n) is 8.10. The van der Waals surface area contributed by atoms with Gasteiger partial charge in [-0.05, 0) is 25.1 Å². The molecule has 0 fully saturated rings. The van der Waals surface area contributed by atoms with Crippen molar-refractivity contribution in [1.82, 2.24) is 5.32 Å². The lowest BCUT2D eigenvalue weighted by Gasteiger charge is -2.36. The number of benzene rings is 2. The summed E-state index contributed by atoms with van der Waals surface area (Å²) < 4.78 is 45.1. The second-order valence-electron chi connectivity index (χ2n) is 6.07. The molecule has 2 unspecified atom stereocenters. The lowest BCUT2D eigenvalue weighted by atomic mass is 9.86. The number of alkyl halides is 3. The maximum Gasteiger partial charge on any atom is 0.417 e. The minimum absolute atomic E-state index is 0.146. The molecular formula is C19H17ClF3NO4. The third-order valence-electron chi connectivity index (χ3n) is 4.07. The van der Waals surface area contributed by atoms with E-state index in [0.29, 0.717) is 6.07 Å². The molecule has 0 saturated heterocycles. The smallest absolute Gasteiger partial charge is 0.417 e. The number of hydrogen-bond donors (Lipinski definition) is 2. The Morgan fingerprint density at radius 1 is 1.14 bits per heavy atom. The minimum Gasteiger partial charge on any atom is -0.478 e. The number of aliphatic carboxylic acids is 1. The zero-order chi connectivity index (χ0) is 21.1. The monoisotopic (exact) mass is 415 g/mol. The Kier molecular flexibility index (Phi) is 6.23. The van der Waals surface area contributed by atoms with Crippen molar-refractivity contribution >= 4 is 23.5 Å². The summed E-state index contributed by atoms with van der Waals surface area (Å²) in [6.45, 7) is 2.58. The lowest BCUT2D eigenvalue weighted by Crippen LogP contribution is -2.57. The lowest BCUT2D eigenvalue weighted by molar-refractivity contribution is -0.159. The summed E-state index contributed by atoms with van der Waals surface area (Å²) in [4.78, 5) is 23.8. The highest BCUT2D eigenvalue weighted by Crippen LogP contribution is 2.39. The van der Waals surface area contributed by atoms with Gasteiger partial charge in [-0.3, -0.25) is 4.79 Å². The Bertz CT molecular complexity index is 873. The van der Waals surface area contributed by atoms with E-state index in [2.05, 4.69) is 5.32 Å². The average molecular weight is 416 g/mol. The minimum atomic E-state index is -4.75. The molecule has 0 aliphatic carbocycles. The van der Waals surface area contributed by atoms with Crippen molar-refractivity contribution in [1.29, 1.82) is 0 Å². The second kappa shape index (κ2) is 8.10. The Morgan fingerprint density at radius 3 is 2.25 bits per heavy atom. The van der Waals surface area contributed by atoms with Crippen molar-refractivity contribution in [3.05, 3.63) is 64.7 Å². The van der Waals surface area contributed by atoms with Gasteiger partial charge in [0.1, 0.15) is 5.75 Å². The summed E-state index contributed by atoms with van der Waals surface area (Å²) in [7, 11) is 0. The van der Waals surface area contributed by atoms with Crippen molar-refractivity contribution in [2.75, 3.05) is 0 Å². The molecule has 5 nitrogen and oxygen atoms in total. The molecule has 2 atom stereocenters. The molecule has 2 N–H and O–H groups in total. The fourth-order valence-electron chi connectivity index (χ4n) is 2.81. The predicted octanol–water partition coefficient (Wildman–Crippen LogP) is 4.24. The number of carboxylic acid groups (broad SMARTS) is 1. The number of ether oxygens (including phenoxy) is 1. The Balaban J connectivity index is 2.63. The number of carbonyl (C=O) groups excluding carboxylic acids is 1. The molecule has 0 saturated carbocycles. The van der Waals surface area contributed by atoms with Gasteiger partial charge in [-0.1, -0.05) is 41.9 Å². The highest BCUT2D eigenvalue weighted by molar-refractivity contribution is 6.31. The van der Waals surface area contributed by atoms with Gasteiger partial charge in [0.05, 0.1) is 16.6 Å². The molecule has 2 aromatic carbocycles. The molecule has 0 bridgehead atoms. The van der Waals surface area contributed by atoms with Crippen LogP contribution in [0.2, 0.25) is 5.02 Å². The van der Waals surface area contributed by atoms with Crippen LogP contribution in [0.3, 0.4) is 0 Å². The molecule has 0 spiro atoms. The SMILES string of the molecule is CC(=O)NC(C)C(Oc1ccc(Cl)c(C(F)(F)F)c1)(C(=O)O)c1ccccc1. The molecule has 0 heterocycles. The first-order valence-corrected chi connectivity index (χ1v) is 8.48. The van der Waals surface area contributed by atoms with Gasteiger partial charge in [0, 0.05) is 12.5 Å². The van der Waals surface area contributed by atoms with Crippen molar-refractivity contribution in [2.24, 2.45) is 0 Å². The van der Waals surface area contributed by atoms with Crippen LogP contribution in [0.25, 0.3) is 0 Å². The topological polar surface area (TPSA) is 75.6 Å². The predicted molar refractivity (Wildman–Crippen MR) is 96.1 cm³/mol.